The number of esters is 1. The lowest BCUT2D eigenvalue weighted by molar-refractivity contribution is -0.145. The third-order valence-electron chi connectivity index (χ3n) is 1.92. The number of nitrogens with two attached hydrogens (primary N) is 1. The Morgan fingerprint density at radius 2 is 1.87 bits per heavy atom. The molecule has 0 aliphatic rings. The van der Waals surface area contributed by atoms with Crippen LogP contribution in [0.4, 0.5) is 0 Å². The Kier molecular flexibility index (Phi) is 5.93. The standard InChI is InChI=1S/C10H20N2O3/c1-6(2)5-8(10(14)15-4)12-9(13)7(3)11/h6-8H,5,11H2,1-4H3,(H,12,13)/t7-,8?/m1/s1. The zero-order valence-electron chi connectivity index (χ0n) is 9.74. The van der Waals surface area contributed by atoms with Gasteiger partial charge >= 0.3 is 5.97 Å². The van der Waals surface area contributed by atoms with Crippen LogP contribution in [0.25, 0.3) is 0 Å². The van der Waals surface area contributed by atoms with Crippen LogP contribution in [0, 0.1) is 5.92 Å². The van der Waals surface area contributed by atoms with Crippen LogP contribution in [0.5, 0.6) is 0 Å². The average Bonchev–Trinajstić information content (AvgIpc) is 2.14. The Bertz CT molecular complexity index is 227. The first-order chi connectivity index (χ1) is 6.88. The summed E-state index contributed by atoms with van der Waals surface area (Å²) in [5.74, 6) is -0.480. The van der Waals surface area contributed by atoms with E-state index in [0.717, 1.165) is 0 Å². The summed E-state index contributed by atoms with van der Waals surface area (Å²) in [6.07, 6.45) is 0.547. The van der Waals surface area contributed by atoms with Crippen LogP contribution in [0.3, 0.4) is 0 Å². The molecule has 0 aromatic carbocycles. The third-order valence-corrected chi connectivity index (χ3v) is 1.92. The molecular formula is C10H20N2O3. The quantitative estimate of drug-likeness (QED) is 0.636. The van der Waals surface area contributed by atoms with Crippen molar-refractivity contribution in [2.75, 3.05) is 7.11 Å². The smallest absolute Gasteiger partial charge is 0.328 e. The van der Waals surface area contributed by atoms with Gasteiger partial charge in [-0.15, -0.1) is 0 Å². The van der Waals surface area contributed by atoms with E-state index in [2.05, 4.69) is 10.1 Å². The maximum Gasteiger partial charge on any atom is 0.328 e. The van der Waals surface area contributed by atoms with E-state index >= 15 is 0 Å². The van der Waals surface area contributed by atoms with Crippen molar-refractivity contribution >= 4 is 11.9 Å². The summed E-state index contributed by atoms with van der Waals surface area (Å²) in [6.45, 7) is 5.50. The van der Waals surface area contributed by atoms with E-state index in [1.54, 1.807) is 6.92 Å². The maximum absolute atomic E-state index is 11.3. The Labute approximate surface area is 90.4 Å². The zero-order valence-corrected chi connectivity index (χ0v) is 9.74. The van der Waals surface area contributed by atoms with Crippen LogP contribution in [0.1, 0.15) is 27.2 Å². The summed E-state index contributed by atoms with van der Waals surface area (Å²) < 4.78 is 4.60. The fourth-order valence-corrected chi connectivity index (χ4v) is 1.13. The highest BCUT2D eigenvalue weighted by Gasteiger charge is 2.23. The van der Waals surface area contributed by atoms with Crippen LogP contribution < -0.4 is 11.1 Å². The van der Waals surface area contributed by atoms with Gasteiger partial charge in [-0.2, -0.15) is 0 Å². The first-order valence-electron chi connectivity index (χ1n) is 5.02. The summed E-state index contributed by atoms with van der Waals surface area (Å²) in [6, 6.07) is -1.22. The van der Waals surface area contributed by atoms with Gasteiger partial charge in [-0.05, 0) is 19.3 Å². The molecular weight excluding hydrogens is 196 g/mol. The summed E-state index contributed by atoms with van der Waals surface area (Å²) in [4.78, 5) is 22.6. The molecule has 0 saturated carbocycles. The monoisotopic (exact) mass is 216 g/mol. The van der Waals surface area contributed by atoms with Crippen molar-refractivity contribution < 1.29 is 14.3 Å². The number of carbonyl (C=O) groups is 2. The molecule has 0 aromatic heterocycles. The molecule has 0 radical (unpaired) electrons. The van der Waals surface area contributed by atoms with Gasteiger partial charge in [-0.1, -0.05) is 13.8 Å². The van der Waals surface area contributed by atoms with Gasteiger partial charge in [0.05, 0.1) is 13.2 Å². The first-order valence-corrected chi connectivity index (χ1v) is 5.02. The molecule has 3 N–H and O–H groups in total. The van der Waals surface area contributed by atoms with Crippen LogP contribution >= 0.6 is 0 Å². The molecule has 88 valence electrons. The summed E-state index contributed by atoms with van der Waals surface area (Å²) >= 11 is 0. The molecule has 0 fully saturated rings. The molecule has 0 aliphatic heterocycles. The SMILES string of the molecule is COC(=O)C(CC(C)C)NC(=O)[C@@H](C)N. The van der Waals surface area contributed by atoms with Gasteiger partial charge < -0.3 is 15.8 Å². The van der Waals surface area contributed by atoms with E-state index in [-0.39, 0.29) is 5.91 Å². The molecule has 0 aliphatic carbocycles. The Morgan fingerprint density at radius 3 is 2.20 bits per heavy atom. The van der Waals surface area contributed by atoms with E-state index in [0.29, 0.717) is 12.3 Å². The normalized spacial score (nSPS) is 14.5. The minimum absolute atomic E-state index is 0.294. The highest BCUT2D eigenvalue weighted by Crippen LogP contribution is 2.06. The fourth-order valence-electron chi connectivity index (χ4n) is 1.13. The summed E-state index contributed by atoms with van der Waals surface area (Å²) in [7, 11) is 1.30. The third kappa shape index (κ3) is 5.37. The molecule has 0 aromatic rings. The van der Waals surface area contributed by atoms with Crippen molar-refractivity contribution in [3.05, 3.63) is 0 Å². The van der Waals surface area contributed by atoms with Crippen LogP contribution in [-0.4, -0.2) is 31.1 Å². The second-order valence-electron chi connectivity index (χ2n) is 4.00. The fraction of sp³-hybridized carbons (Fsp3) is 0.800. The first kappa shape index (κ1) is 13.9. The lowest BCUT2D eigenvalue weighted by Crippen LogP contribution is -2.48. The number of hydrogen-bond donors (Lipinski definition) is 2. The van der Waals surface area contributed by atoms with Crippen molar-refractivity contribution in [1.29, 1.82) is 0 Å². The number of ether oxygens (including phenoxy) is 1. The minimum atomic E-state index is -0.621. The van der Waals surface area contributed by atoms with Gasteiger partial charge in [0.25, 0.3) is 0 Å². The van der Waals surface area contributed by atoms with Gasteiger partial charge in [0.15, 0.2) is 0 Å². The predicted octanol–water partition coefficient (Wildman–Crippen LogP) is 0.0375. The van der Waals surface area contributed by atoms with Crippen LogP contribution in [0.2, 0.25) is 0 Å². The molecule has 0 saturated heterocycles. The van der Waals surface area contributed by atoms with Gasteiger partial charge in [-0.25, -0.2) is 4.79 Å². The molecule has 0 spiro atoms. The van der Waals surface area contributed by atoms with E-state index < -0.39 is 18.1 Å². The van der Waals surface area contributed by atoms with E-state index in [1.165, 1.54) is 7.11 Å². The van der Waals surface area contributed by atoms with E-state index in [9.17, 15) is 9.59 Å². The molecule has 0 bridgehead atoms. The second kappa shape index (κ2) is 6.40. The topological polar surface area (TPSA) is 81.4 Å². The molecule has 1 amide bonds. The highest BCUT2D eigenvalue weighted by molar-refractivity contribution is 5.87. The van der Waals surface area contributed by atoms with Crippen LogP contribution in [0.15, 0.2) is 0 Å². The van der Waals surface area contributed by atoms with E-state index in [1.807, 2.05) is 13.8 Å². The Hall–Kier alpha value is -1.10. The number of rotatable bonds is 5. The van der Waals surface area contributed by atoms with Gasteiger partial charge in [-0.3, -0.25) is 4.79 Å². The Morgan fingerprint density at radius 1 is 1.33 bits per heavy atom. The predicted molar refractivity (Wildman–Crippen MR) is 57.1 cm³/mol. The number of amides is 1. The zero-order chi connectivity index (χ0) is 12.0. The van der Waals surface area contributed by atoms with Crippen molar-refractivity contribution in [3.63, 3.8) is 0 Å². The number of carbonyl (C=O) groups excluding carboxylic acids is 2. The maximum atomic E-state index is 11.3. The second-order valence-corrected chi connectivity index (χ2v) is 4.00. The van der Waals surface area contributed by atoms with Crippen molar-refractivity contribution in [2.24, 2.45) is 11.7 Å². The lowest BCUT2D eigenvalue weighted by Gasteiger charge is -2.19. The molecule has 5 heteroatoms. The van der Waals surface area contributed by atoms with Crippen LogP contribution in [-0.2, 0) is 14.3 Å². The summed E-state index contributed by atoms with van der Waals surface area (Å²) in [5, 5.41) is 2.56. The van der Waals surface area contributed by atoms with Crippen molar-refractivity contribution in [2.45, 2.75) is 39.3 Å². The molecule has 15 heavy (non-hydrogen) atoms. The van der Waals surface area contributed by atoms with Crippen molar-refractivity contribution in [3.8, 4) is 0 Å². The Balaban J connectivity index is 4.37. The van der Waals surface area contributed by atoms with Crippen molar-refractivity contribution in [1.82, 2.24) is 5.32 Å². The van der Waals surface area contributed by atoms with E-state index in [4.69, 9.17) is 5.73 Å². The largest absolute Gasteiger partial charge is 0.467 e. The van der Waals surface area contributed by atoms with Gasteiger partial charge in [0.2, 0.25) is 5.91 Å². The molecule has 1 unspecified atom stereocenters. The number of methoxy groups -OCH3 is 1. The summed E-state index contributed by atoms with van der Waals surface area (Å²) in [5.41, 5.74) is 5.39. The molecule has 0 rings (SSSR count). The average molecular weight is 216 g/mol. The lowest BCUT2D eigenvalue weighted by atomic mass is 10.0. The highest BCUT2D eigenvalue weighted by atomic mass is 16.5. The van der Waals surface area contributed by atoms with Gasteiger partial charge in [0, 0.05) is 0 Å². The minimum Gasteiger partial charge on any atom is -0.467 e. The number of hydrogen-bond acceptors (Lipinski definition) is 4. The molecule has 5 nitrogen and oxygen atoms in total. The molecule has 0 heterocycles. The molecule has 2 atom stereocenters. The van der Waals surface area contributed by atoms with Gasteiger partial charge in [0.1, 0.15) is 6.04 Å². The number of nitrogens with one attached hydrogen (secondary N) is 1.